The molecule has 5 nitrogen and oxygen atoms in total. The fourth-order valence-corrected chi connectivity index (χ4v) is 2.32. The van der Waals surface area contributed by atoms with Crippen LogP contribution < -0.4 is 5.32 Å². The van der Waals surface area contributed by atoms with Crippen molar-refractivity contribution in [2.45, 2.75) is 5.03 Å². The molecule has 0 bridgehead atoms. The first-order chi connectivity index (χ1) is 10.5. The van der Waals surface area contributed by atoms with Gasteiger partial charge in [0.15, 0.2) is 0 Å². The van der Waals surface area contributed by atoms with Gasteiger partial charge in [0.1, 0.15) is 16.7 Å². The number of rotatable bonds is 5. The third kappa shape index (κ3) is 5.94. The number of thioether (sulfide) groups is 1. The van der Waals surface area contributed by atoms with Crippen LogP contribution in [0.4, 0.5) is 14.5 Å². The van der Waals surface area contributed by atoms with Crippen LogP contribution >= 0.6 is 11.8 Å². The molecule has 0 fully saturated rings. The monoisotopic (exact) mass is 364 g/mol. The van der Waals surface area contributed by atoms with E-state index in [1.54, 1.807) is 0 Å². The van der Waals surface area contributed by atoms with Crippen molar-refractivity contribution < 1.29 is 23.5 Å². The Labute approximate surface area is 177 Å². The minimum atomic E-state index is -1.20. The van der Waals surface area contributed by atoms with Gasteiger partial charge in [0.25, 0.3) is 0 Å². The van der Waals surface area contributed by atoms with Crippen LogP contribution in [0.3, 0.4) is 0 Å². The molecule has 2 aromatic rings. The number of anilines is 1. The number of carboxylic acid groups (broad SMARTS) is 1. The van der Waals surface area contributed by atoms with Crippen molar-refractivity contribution in [3.8, 4) is 0 Å². The number of hydrogen-bond donors (Lipinski definition) is 2. The molecule has 2 rings (SSSR count). The summed E-state index contributed by atoms with van der Waals surface area (Å²) in [6.07, 6.45) is 1.36. The molecule has 0 saturated carbocycles. The summed E-state index contributed by atoms with van der Waals surface area (Å²) < 4.78 is 26.4. The minimum absolute atomic E-state index is 0. The summed E-state index contributed by atoms with van der Waals surface area (Å²) in [6.45, 7) is -0.305. The van der Waals surface area contributed by atoms with Gasteiger partial charge in [-0.1, -0.05) is 0 Å². The zero-order valence-corrected chi connectivity index (χ0v) is 11.9. The second-order valence-electron chi connectivity index (χ2n) is 4.11. The summed E-state index contributed by atoms with van der Waals surface area (Å²) in [5, 5.41) is 11.0. The van der Waals surface area contributed by atoms with Gasteiger partial charge in [0.05, 0.1) is 17.8 Å². The number of nitrogens with zero attached hydrogens (tertiary/aromatic N) is 1. The van der Waals surface area contributed by atoms with Gasteiger partial charge in [-0.3, -0.25) is 4.79 Å². The number of hydrogen-bond acceptors (Lipinski definition) is 5. The molecule has 0 aliphatic heterocycles. The van der Waals surface area contributed by atoms with E-state index in [4.69, 9.17) is 5.11 Å². The molecular weight excluding hydrogens is 353 g/mol. The molecule has 0 saturated heterocycles. The quantitative estimate of drug-likeness (QED) is 0.625. The van der Waals surface area contributed by atoms with E-state index in [1.165, 1.54) is 18.3 Å². The van der Waals surface area contributed by atoms with Crippen molar-refractivity contribution >= 4 is 79.9 Å². The number of aromatic nitrogens is 1. The molecule has 0 aliphatic carbocycles. The normalized spacial score (nSPS) is 9.83. The first-order valence-electron chi connectivity index (χ1n) is 6.05. The van der Waals surface area contributed by atoms with Crippen LogP contribution in [0.25, 0.3) is 0 Å². The van der Waals surface area contributed by atoms with Crippen LogP contribution in [-0.2, 0) is 4.79 Å². The van der Waals surface area contributed by atoms with Gasteiger partial charge >= 0.3 is 57.4 Å². The average Bonchev–Trinajstić information content (AvgIpc) is 2.48. The fourth-order valence-electron chi connectivity index (χ4n) is 1.58. The van der Waals surface area contributed by atoms with Gasteiger partial charge in [-0.05, 0) is 42.1 Å². The van der Waals surface area contributed by atoms with Crippen molar-refractivity contribution in [3.05, 3.63) is 53.7 Å². The average molecular weight is 364 g/mol. The van der Waals surface area contributed by atoms with Crippen molar-refractivity contribution in [3.63, 3.8) is 0 Å². The maximum absolute atomic E-state index is 13.4. The topological polar surface area (TPSA) is 79.3 Å². The molecule has 0 spiro atoms. The van der Waals surface area contributed by atoms with Crippen LogP contribution in [-0.4, -0.2) is 79.1 Å². The number of carboxylic acids is 1. The van der Waals surface area contributed by atoms with Gasteiger partial charge < -0.3 is 10.4 Å². The predicted octanol–water partition coefficient (Wildman–Crippen LogP) is 2.14. The maximum atomic E-state index is 13.4. The zero-order valence-electron chi connectivity index (χ0n) is 11.0. The summed E-state index contributed by atoms with van der Waals surface area (Å²) in [6, 6.07) is 5.60. The summed E-state index contributed by atoms with van der Waals surface area (Å²) in [4.78, 5) is 26.6. The number of benzene rings is 1. The molecular formula is C14H11F2KN2O3S. The molecule has 0 amide bonds. The number of nitrogens with one attached hydrogen (secondary N) is 1. The van der Waals surface area contributed by atoms with Gasteiger partial charge in [-0.2, -0.15) is 0 Å². The Bertz CT molecular complexity index is 731. The van der Waals surface area contributed by atoms with Gasteiger partial charge in [-0.25, -0.2) is 18.6 Å². The molecule has 1 aromatic heterocycles. The van der Waals surface area contributed by atoms with Gasteiger partial charge in [0.2, 0.25) is 5.12 Å². The summed E-state index contributed by atoms with van der Waals surface area (Å²) in [5.41, 5.74) is -0.244. The second-order valence-corrected chi connectivity index (χ2v) is 5.16. The van der Waals surface area contributed by atoms with Crippen molar-refractivity contribution in [1.82, 2.24) is 4.98 Å². The standard InChI is InChI=1S/C14H10F2N2O3S.K.H/c15-8-3-4-10(16)11(6-8)18-7-12(19)22-13-9(14(20)21)2-1-5-17-13;;/h1-6,18H,7H2,(H,20,21);;. The van der Waals surface area contributed by atoms with Gasteiger partial charge in [0, 0.05) is 6.20 Å². The third-order valence-electron chi connectivity index (χ3n) is 2.56. The fraction of sp³-hybridized carbons (Fsp3) is 0.0714. The molecule has 2 N–H and O–H groups in total. The predicted molar refractivity (Wildman–Crippen MR) is 84.1 cm³/mol. The first kappa shape index (κ1) is 20.2. The Morgan fingerprint density at radius 3 is 2.70 bits per heavy atom. The van der Waals surface area contributed by atoms with E-state index < -0.39 is 22.7 Å². The van der Waals surface area contributed by atoms with Gasteiger partial charge in [-0.15, -0.1) is 0 Å². The SMILES string of the molecule is O=C(CNc1cc(F)ccc1F)Sc1ncccc1C(=O)O.[KH]. The number of halogens is 2. The Balaban J connectivity index is 0.00000264. The Morgan fingerprint density at radius 1 is 1.26 bits per heavy atom. The number of pyridine rings is 1. The van der Waals surface area contributed by atoms with Crippen LogP contribution in [0.2, 0.25) is 0 Å². The van der Waals surface area contributed by atoms with E-state index in [1.807, 2.05) is 0 Å². The Hall–Kier alpha value is -0.844. The number of carbonyl (C=O) groups is 2. The molecule has 1 aromatic carbocycles. The third-order valence-corrected chi connectivity index (χ3v) is 3.45. The van der Waals surface area contributed by atoms with E-state index in [-0.39, 0.29) is 74.2 Å². The number of aromatic carboxylic acids is 1. The van der Waals surface area contributed by atoms with E-state index in [0.717, 1.165) is 18.2 Å². The van der Waals surface area contributed by atoms with Crippen molar-refractivity contribution in [2.24, 2.45) is 0 Å². The Morgan fingerprint density at radius 2 is 2.00 bits per heavy atom. The van der Waals surface area contributed by atoms with Crippen molar-refractivity contribution in [2.75, 3.05) is 11.9 Å². The summed E-state index contributed by atoms with van der Waals surface area (Å²) in [5.74, 6) is -2.53. The molecule has 0 radical (unpaired) electrons. The van der Waals surface area contributed by atoms with E-state index in [0.29, 0.717) is 11.8 Å². The van der Waals surface area contributed by atoms with E-state index >= 15 is 0 Å². The molecule has 0 atom stereocenters. The molecule has 9 heteroatoms. The van der Waals surface area contributed by atoms with Crippen LogP contribution in [0.1, 0.15) is 10.4 Å². The van der Waals surface area contributed by atoms with E-state index in [9.17, 15) is 18.4 Å². The molecule has 0 unspecified atom stereocenters. The molecule has 116 valence electrons. The summed E-state index contributed by atoms with van der Waals surface area (Å²) in [7, 11) is 0. The zero-order chi connectivity index (χ0) is 16.1. The van der Waals surface area contributed by atoms with Crippen LogP contribution in [0, 0.1) is 11.6 Å². The van der Waals surface area contributed by atoms with Crippen molar-refractivity contribution in [1.29, 1.82) is 0 Å². The van der Waals surface area contributed by atoms with Crippen LogP contribution in [0.5, 0.6) is 0 Å². The first-order valence-corrected chi connectivity index (χ1v) is 6.87. The number of carbonyl (C=O) groups excluding carboxylic acids is 1. The second kappa shape index (κ2) is 9.45. The summed E-state index contributed by atoms with van der Waals surface area (Å²) >= 11 is 0.618. The Kier molecular flexibility index (Phi) is 8.30. The van der Waals surface area contributed by atoms with Crippen LogP contribution in [0.15, 0.2) is 41.6 Å². The molecule has 23 heavy (non-hydrogen) atoms. The molecule has 1 heterocycles. The molecule has 0 aliphatic rings. The van der Waals surface area contributed by atoms with E-state index in [2.05, 4.69) is 10.3 Å².